The van der Waals surface area contributed by atoms with Gasteiger partial charge in [0.05, 0.1) is 16.6 Å². The standard InChI is InChI=1S/C32H29FN4O2S3/c1-41-16-15-34-20-22-7-9-23(10-8-22)29-19-26-31(42-29)28(13-14-35-26)39-27-12-11-24(18-25(27)33)36-32(40)37-30(38)17-21-5-3-2-4-6-21/h2-14,18-19,34H,15-17,20H2,1H3,(H2,36,37,38,40). The van der Waals surface area contributed by atoms with E-state index in [2.05, 4.69) is 51.5 Å². The SMILES string of the molecule is CSCCNCc1ccc(-c2cc3nccc(Oc4ccc(NC(=S)NC(=O)Cc5ccccc5)cc4F)c3s2)cc1. The highest BCUT2D eigenvalue weighted by molar-refractivity contribution is 7.98. The van der Waals surface area contributed by atoms with Crippen LogP contribution in [-0.2, 0) is 17.8 Å². The molecule has 10 heteroatoms. The topological polar surface area (TPSA) is 75.3 Å². The summed E-state index contributed by atoms with van der Waals surface area (Å²) in [6, 6.07) is 26.0. The molecule has 0 saturated heterocycles. The number of anilines is 1. The molecular weight excluding hydrogens is 588 g/mol. The molecule has 214 valence electrons. The average molecular weight is 617 g/mol. The van der Waals surface area contributed by atoms with Gasteiger partial charge in [0.15, 0.2) is 16.7 Å². The molecule has 0 radical (unpaired) electrons. The monoisotopic (exact) mass is 616 g/mol. The van der Waals surface area contributed by atoms with Gasteiger partial charge in [-0.1, -0.05) is 54.6 Å². The quantitative estimate of drug-likeness (QED) is 0.105. The molecule has 3 N–H and O–H groups in total. The van der Waals surface area contributed by atoms with Crippen LogP contribution in [0.5, 0.6) is 11.5 Å². The van der Waals surface area contributed by atoms with Gasteiger partial charge in [-0.05, 0) is 53.4 Å². The Balaban J connectivity index is 1.23. The van der Waals surface area contributed by atoms with Crippen LogP contribution in [0.4, 0.5) is 10.1 Å². The third kappa shape index (κ3) is 7.92. The lowest BCUT2D eigenvalue weighted by Crippen LogP contribution is -2.35. The molecule has 0 fully saturated rings. The molecule has 1 amide bonds. The number of thioether (sulfide) groups is 1. The van der Waals surface area contributed by atoms with Crippen molar-refractivity contribution < 1.29 is 13.9 Å². The number of carbonyl (C=O) groups excluding carboxylic acids is 1. The zero-order chi connectivity index (χ0) is 29.3. The highest BCUT2D eigenvalue weighted by atomic mass is 32.2. The smallest absolute Gasteiger partial charge is 0.230 e. The number of benzene rings is 3. The van der Waals surface area contributed by atoms with Gasteiger partial charge in [0.2, 0.25) is 5.91 Å². The Morgan fingerprint density at radius 2 is 1.81 bits per heavy atom. The minimum atomic E-state index is -0.568. The molecule has 0 aliphatic carbocycles. The van der Waals surface area contributed by atoms with Crippen molar-refractivity contribution in [2.75, 3.05) is 23.9 Å². The van der Waals surface area contributed by atoms with Crippen molar-refractivity contribution in [3.63, 3.8) is 0 Å². The lowest BCUT2D eigenvalue weighted by molar-refractivity contribution is -0.119. The molecule has 0 saturated carbocycles. The average Bonchev–Trinajstić information content (AvgIpc) is 3.43. The number of thiophene rings is 1. The highest BCUT2D eigenvalue weighted by Gasteiger charge is 2.14. The second-order valence-corrected chi connectivity index (χ2v) is 11.9. The molecule has 6 nitrogen and oxygen atoms in total. The molecule has 3 aromatic carbocycles. The van der Waals surface area contributed by atoms with Crippen LogP contribution in [0.25, 0.3) is 20.7 Å². The fourth-order valence-corrected chi connectivity index (χ4v) is 5.88. The first-order chi connectivity index (χ1) is 20.5. The third-order valence-corrected chi connectivity index (χ3v) is 8.30. The van der Waals surface area contributed by atoms with E-state index in [-0.39, 0.29) is 23.2 Å². The molecule has 0 bridgehead atoms. The molecule has 2 heterocycles. The van der Waals surface area contributed by atoms with E-state index in [1.807, 2.05) is 48.2 Å². The van der Waals surface area contributed by atoms with Gasteiger partial charge in [-0.2, -0.15) is 11.8 Å². The van der Waals surface area contributed by atoms with Crippen molar-refractivity contribution in [2.45, 2.75) is 13.0 Å². The Kier molecular flexibility index (Phi) is 10.1. The Morgan fingerprint density at radius 1 is 1.00 bits per heavy atom. The number of thiocarbonyl (C=S) groups is 1. The lowest BCUT2D eigenvalue weighted by Gasteiger charge is -2.12. The van der Waals surface area contributed by atoms with Crippen LogP contribution in [0, 0.1) is 5.82 Å². The van der Waals surface area contributed by atoms with E-state index in [1.54, 1.807) is 29.7 Å². The normalized spacial score (nSPS) is 10.9. The number of hydrogen-bond donors (Lipinski definition) is 3. The zero-order valence-electron chi connectivity index (χ0n) is 22.9. The van der Waals surface area contributed by atoms with Crippen molar-refractivity contribution in [3.05, 3.63) is 108 Å². The van der Waals surface area contributed by atoms with Crippen molar-refractivity contribution >= 4 is 62.2 Å². The molecule has 0 spiro atoms. The molecule has 2 aromatic heterocycles. The number of halogens is 1. The predicted molar refractivity (Wildman–Crippen MR) is 176 cm³/mol. The van der Waals surface area contributed by atoms with Gasteiger partial charge < -0.3 is 20.7 Å². The summed E-state index contributed by atoms with van der Waals surface area (Å²) in [6.45, 7) is 1.82. The van der Waals surface area contributed by atoms with E-state index in [0.29, 0.717) is 11.4 Å². The Bertz CT molecular complexity index is 1680. The summed E-state index contributed by atoms with van der Waals surface area (Å²) >= 11 is 8.61. The van der Waals surface area contributed by atoms with Crippen molar-refractivity contribution in [2.24, 2.45) is 0 Å². The first kappa shape index (κ1) is 29.7. The van der Waals surface area contributed by atoms with Gasteiger partial charge in [-0.25, -0.2) is 4.39 Å². The molecule has 5 rings (SSSR count). The number of rotatable bonds is 11. The molecule has 0 aliphatic rings. The minimum Gasteiger partial charge on any atom is -0.453 e. The summed E-state index contributed by atoms with van der Waals surface area (Å²) in [5.74, 6) is 0.855. The summed E-state index contributed by atoms with van der Waals surface area (Å²) in [4.78, 5) is 17.8. The van der Waals surface area contributed by atoms with Crippen LogP contribution in [0.3, 0.4) is 0 Å². The number of aromatic nitrogens is 1. The van der Waals surface area contributed by atoms with Gasteiger partial charge >= 0.3 is 0 Å². The molecule has 0 atom stereocenters. The predicted octanol–water partition coefficient (Wildman–Crippen LogP) is 7.40. The van der Waals surface area contributed by atoms with Gasteiger partial charge in [-0.15, -0.1) is 11.3 Å². The van der Waals surface area contributed by atoms with Crippen LogP contribution < -0.4 is 20.7 Å². The first-order valence-corrected chi connectivity index (χ1v) is 15.9. The molecule has 0 unspecified atom stereocenters. The van der Waals surface area contributed by atoms with E-state index < -0.39 is 5.82 Å². The fourth-order valence-electron chi connectivity index (χ4n) is 4.23. The van der Waals surface area contributed by atoms with Crippen molar-refractivity contribution in [1.29, 1.82) is 0 Å². The maximum Gasteiger partial charge on any atom is 0.230 e. The van der Waals surface area contributed by atoms with Crippen LogP contribution in [0.2, 0.25) is 0 Å². The number of amides is 1. The third-order valence-electron chi connectivity index (χ3n) is 6.30. The molecular formula is C32H29FN4O2S3. The van der Waals surface area contributed by atoms with E-state index in [1.165, 1.54) is 17.7 Å². The van der Waals surface area contributed by atoms with Crippen LogP contribution in [0.15, 0.2) is 91.1 Å². The number of nitrogens with one attached hydrogen (secondary N) is 3. The maximum absolute atomic E-state index is 15.1. The van der Waals surface area contributed by atoms with E-state index >= 15 is 4.39 Å². The second kappa shape index (κ2) is 14.4. The largest absolute Gasteiger partial charge is 0.453 e. The number of carbonyl (C=O) groups is 1. The van der Waals surface area contributed by atoms with E-state index in [9.17, 15) is 4.79 Å². The van der Waals surface area contributed by atoms with Crippen LogP contribution >= 0.6 is 35.3 Å². The van der Waals surface area contributed by atoms with Gasteiger partial charge in [-0.3, -0.25) is 9.78 Å². The highest BCUT2D eigenvalue weighted by Crippen LogP contribution is 2.39. The molecule has 42 heavy (non-hydrogen) atoms. The van der Waals surface area contributed by atoms with Crippen LogP contribution in [0.1, 0.15) is 11.1 Å². The summed E-state index contributed by atoms with van der Waals surface area (Å²) in [7, 11) is 0. The summed E-state index contributed by atoms with van der Waals surface area (Å²) in [5.41, 5.74) is 4.37. The Labute approximate surface area is 257 Å². The van der Waals surface area contributed by atoms with E-state index in [0.717, 1.165) is 45.1 Å². The Morgan fingerprint density at radius 3 is 2.57 bits per heavy atom. The number of hydrogen-bond acceptors (Lipinski definition) is 7. The molecule has 5 aromatic rings. The second-order valence-electron chi connectivity index (χ2n) is 9.41. The number of fused-ring (bicyclic) bond motifs is 1. The summed E-state index contributed by atoms with van der Waals surface area (Å²) < 4.78 is 21.9. The number of nitrogens with zero attached hydrogens (tertiary/aromatic N) is 1. The lowest BCUT2D eigenvalue weighted by atomic mass is 10.1. The summed E-state index contributed by atoms with van der Waals surface area (Å²) in [6.07, 6.45) is 3.95. The maximum atomic E-state index is 15.1. The van der Waals surface area contributed by atoms with Crippen molar-refractivity contribution in [1.82, 2.24) is 15.6 Å². The van der Waals surface area contributed by atoms with Gasteiger partial charge in [0.25, 0.3) is 0 Å². The van der Waals surface area contributed by atoms with Crippen LogP contribution in [-0.4, -0.2) is 34.6 Å². The number of ether oxygens (including phenoxy) is 1. The van der Waals surface area contributed by atoms with Gasteiger partial charge in [0.1, 0.15) is 5.75 Å². The van der Waals surface area contributed by atoms with Crippen molar-refractivity contribution in [3.8, 4) is 21.9 Å². The number of pyridine rings is 1. The van der Waals surface area contributed by atoms with Gasteiger partial charge in [0, 0.05) is 47.7 Å². The molecule has 0 aliphatic heterocycles. The zero-order valence-corrected chi connectivity index (χ0v) is 25.3. The Hall–Kier alpha value is -3.83. The summed E-state index contributed by atoms with van der Waals surface area (Å²) in [5, 5.41) is 9.01. The first-order valence-electron chi connectivity index (χ1n) is 13.3. The van der Waals surface area contributed by atoms with E-state index in [4.69, 9.17) is 17.0 Å². The fraction of sp³-hybridized carbons (Fsp3) is 0.156. The minimum absolute atomic E-state index is 0.0698.